The van der Waals surface area contributed by atoms with E-state index in [1.54, 1.807) is 24.3 Å². The molecule has 1 saturated heterocycles. The Balaban J connectivity index is 1.23. The number of Topliss-reactive ketones (excluding diaryl/α,β-unsaturated/α-hetero) is 1. The fourth-order valence-electron chi connectivity index (χ4n) is 3.76. The second-order valence-electron chi connectivity index (χ2n) is 7.64. The van der Waals surface area contributed by atoms with Crippen molar-refractivity contribution in [2.24, 2.45) is 0 Å². The van der Waals surface area contributed by atoms with Gasteiger partial charge in [0.2, 0.25) is 0 Å². The van der Waals surface area contributed by atoms with E-state index in [1.165, 1.54) is 6.92 Å². The molecular formula is C23H26N2O4. The summed E-state index contributed by atoms with van der Waals surface area (Å²) in [4.78, 5) is 18.2. The van der Waals surface area contributed by atoms with Gasteiger partial charge in [0.15, 0.2) is 17.3 Å². The van der Waals surface area contributed by atoms with E-state index in [1.807, 2.05) is 24.3 Å². The lowest BCUT2D eigenvalue weighted by Crippen LogP contribution is -2.40. The highest BCUT2D eigenvalue weighted by Crippen LogP contribution is 2.29. The zero-order chi connectivity index (χ0) is 20.2. The molecule has 1 aliphatic rings. The second kappa shape index (κ2) is 8.76. The number of carbonyl (C=O) groups is 1. The summed E-state index contributed by atoms with van der Waals surface area (Å²) in [5.41, 5.74) is 2.40. The predicted molar refractivity (Wildman–Crippen MR) is 110 cm³/mol. The predicted octanol–water partition coefficient (Wildman–Crippen LogP) is 3.65. The van der Waals surface area contributed by atoms with Crippen LogP contribution in [0.25, 0.3) is 11.1 Å². The van der Waals surface area contributed by atoms with Crippen LogP contribution in [-0.2, 0) is 0 Å². The van der Waals surface area contributed by atoms with Gasteiger partial charge in [-0.1, -0.05) is 12.1 Å². The maximum atomic E-state index is 11.3. The first-order valence-electron chi connectivity index (χ1n) is 10.1. The van der Waals surface area contributed by atoms with Crippen molar-refractivity contribution >= 4 is 16.9 Å². The first-order chi connectivity index (χ1) is 14.1. The molecule has 29 heavy (non-hydrogen) atoms. The Morgan fingerprint density at radius 1 is 1.21 bits per heavy atom. The summed E-state index contributed by atoms with van der Waals surface area (Å²) in [5.74, 6) is 1.83. The van der Waals surface area contributed by atoms with Gasteiger partial charge >= 0.3 is 0 Å². The van der Waals surface area contributed by atoms with Crippen LogP contribution in [0.3, 0.4) is 0 Å². The number of carbonyl (C=O) groups excluding carboxylic acids is 1. The molecule has 1 aliphatic heterocycles. The van der Waals surface area contributed by atoms with Crippen molar-refractivity contribution < 1.29 is 19.1 Å². The molecule has 1 atom stereocenters. The molecule has 1 aromatic heterocycles. The molecule has 1 unspecified atom stereocenters. The molecule has 2 aromatic carbocycles. The van der Waals surface area contributed by atoms with Gasteiger partial charge in [-0.15, -0.1) is 0 Å². The minimum Gasteiger partial charge on any atom is -0.491 e. The number of benzene rings is 2. The van der Waals surface area contributed by atoms with E-state index >= 15 is 0 Å². The number of aliphatic hydroxyl groups excluding tert-OH is 1. The Kier molecular flexibility index (Phi) is 5.92. The molecule has 3 aromatic rings. The Bertz CT molecular complexity index is 925. The van der Waals surface area contributed by atoms with E-state index in [2.05, 4.69) is 9.88 Å². The zero-order valence-electron chi connectivity index (χ0n) is 16.6. The molecule has 6 nitrogen and oxygen atoms in total. The van der Waals surface area contributed by atoms with Crippen molar-refractivity contribution in [2.75, 3.05) is 26.2 Å². The summed E-state index contributed by atoms with van der Waals surface area (Å²) >= 11 is 0. The standard InChI is InChI=1S/C23H26N2O4/c1-16(26)17-6-8-20(9-7-17)28-15-19(27)14-25-12-10-18(11-13-25)23-24-21-4-2-3-5-22(21)29-23/h2-9,18-19,27H,10-15H2,1H3. The number of rotatable bonds is 7. The third-order valence-electron chi connectivity index (χ3n) is 5.42. The van der Waals surface area contributed by atoms with Crippen LogP contribution in [0.15, 0.2) is 52.9 Å². The highest BCUT2D eigenvalue weighted by atomic mass is 16.5. The number of nitrogens with zero attached hydrogens (tertiary/aromatic N) is 2. The Hall–Kier alpha value is -2.70. The van der Waals surface area contributed by atoms with Crippen LogP contribution in [0.5, 0.6) is 5.75 Å². The summed E-state index contributed by atoms with van der Waals surface area (Å²) in [6, 6.07) is 14.8. The van der Waals surface area contributed by atoms with Gasteiger partial charge in [-0.2, -0.15) is 0 Å². The topological polar surface area (TPSA) is 75.8 Å². The Morgan fingerprint density at radius 2 is 1.93 bits per heavy atom. The normalized spacial score (nSPS) is 16.8. The van der Waals surface area contributed by atoms with E-state index in [4.69, 9.17) is 9.15 Å². The number of oxazole rings is 1. The van der Waals surface area contributed by atoms with E-state index in [9.17, 15) is 9.90 Å². The fraction of sp³-hybridized carbons (Fsp3) is 0.391. The minimum atomic E-state index is -0.566. The number of hydrogen-bond acceptors (Lipinski definition) is 6. The summed E-state index contributed by atoms with van der Waals surface area (Å²) < 4.78 is 11.6. The Labute approximate surface area is 170 Å². The number of aliphatic hydroxyl groups is 1. The second-order valence-corrected chi connectivity index (χ2v) is 7.64. The lowest BCUT2D eigenvalue weighted by atomic mass is 9.96. The minimum absolute atomic E-state index is 0.0258. The van der Waals surface area contributed by atoms with Gasteiger partial charge < -0.3 is 19.2 Å². The maximum absolute atomic E-state index is 11.3. The number of β-amino-alcohol motifs (C(OH)–C–C–N with tert-alkyl or cyclic N) is 1. The molecule has 1 N–H and O–H groups in total. The first-order valence-corrected chi connectivity index (χ1v) is 10.1. The van der Waals surface area contributed by atoms with Crippen molar-refractivity contribution in [1.82, 2.24) is 9.88 Å². The highest BCUT2D eigenvalue weighted by Gasteiger charge is 2.25. The largest absolute Gasteiger partial charge is 0.491 e. The van der Waals surface area contributed by atoms with Crippen molar-refractivity contribution in [1.29, 1.82) is 0 Å². The van der Waals surface area contributed by atoms with Crippen LogP contribution in [0, 0.1) is 0 Å². The average Bonchev–Trinajstić information content (AvgIpc) is 3.17. The number of likely N-dealkylation sites (tertiary alicyclic amines) is 1. The average molecular weight is 394 g/mol. The van der Waals surface area contributed by atoms with Gasteiger partial charge in [0.25, 0.3) is 0 Å². The molecule has 0 radical (unpaired) electrons. The number of fused-ring (bicyclic) bond motifs is 1. The number of aromatic nitrogens is 1. The van der Waals surface area contributed by atoms with Crippen molar-refractivity contribution in [2.45, 2.75) is 31.8 Å². The summed E-state index contributed by atoms with van der Waals surface area (Å²) in [7, 11) is 0. The van der Waals surface area contributed by atoms with Crippen LogP contribution < -0.4 is 4.74 Å². The molecule has 0 amide bonds. The lowest BCUT2D eigenvalue weighted by Gasteiger charge is -2.31. The van der Waals surface area contributed by atoms with Gasteiger partial charge in [0.05, 0.1) is 0 Å². The molecule has 1 fully saturated rings. The van der Waals surface area contributed by atoms with Gasteiger partial charge in [0.1, 0.15) is 24.0 Å². The first kappa shape index (κ1) is 19.6. The molecule has 0 bridgehead atoms. The maximum Gasteiger partial charge on any atom is 0.198 e. The molecule has 152 valence electrons. The smallest absolute Gasteiger partial charge is 0.198 e. The summed E-state index contributed by atoms with van der Waals surface area (Å²) in [6.45, 7) is 4.13. The molecular weight excluding hydrogens is 368 g/mol. The van der Waals surface area contributed by atoms with E-state index in [0.29, 0.717) is 23.8 Å². The van der Waals surface area contributed by atoms with Crippen molar-refractivity contribution in [3.8, 4) is 5.75 Å². The number of ether oxygens (including phenoxy) is 1. The quantitative estimate of drug-likeness (QED) is 0.617. The van der Waals surface area contributed by atoms with E-state index in [0.717, 1.165) is 42.9 Å². The summed E-state index contributed by atoms with van der Waals surface area (Å²) in [6.07, 6.45) is 1.36. The monoisotopic (exact) mass is 394 g/mol. The van der Waals surface area contributed by atoms with Crippen LogP contribution in [0.4, 0.5) is 0 Å². The van der Waals surface area contributed by atoms with E-state index in [-0.39, 0.29) is 12.4 Å². The number of ketones is 1. The number of para-hydroxylation sites is 2. The Morgan fingerprint density at radius 3 is 2.62 bits per heavy atom. The molecule has 2 heterocycles. The van der Waals surface area contributed by atoms with Crippen LogP contribution in [0.2, 0.25) is 0 Å². The molecule has 4 rings (SSSR count). The van der Waals surface area contributed by atoms with Crippen molar-refractivity contribution in [3.05, 3.63) is 60.0 Å². The highest BCUT2D eigenvalue weighted by molar-refractivity contribution is 5.94. The molecule has 6 heteroatoms. The van der Waals surface area contributed by atoms with Gasteiger partial charge in [-0.3, -0.25) is 4.79 Å². The third-order valence-corrected chi connectivity index (χ3v) is 5.42. The van der Waals surface area contributed by atoms with Crippen LogP contribution >= 0.6 is 0 Å². The third kappa shape index (κ3) is 4.83. The zero-order valence-corrected chi connectivity index (χ0v) is 16.6. The SMILES string of the molecule is CC(=O)c1ccc(OCC(O)CN2CCC(c3nc4ccccc4o3)CC2)cc1. The van der Waals surface area contributed by atoms with Crippen LogP contribution in [-0.4, -0.2) is 53.1 Å². The number of hydrogen-bond donors (Lipinski definition) is 1. The lowest BCUT2D eigenvalue weighted by molar-refractivity contribution is 0.0583. The number of piperidine rings is 1. The molecule has 0 saturated carbocycles. The molecule has 0 spiro atoms. The van der Waals surface area contributed by atoms with Crippen molar-refractivity contribution in [3.63, 3.8) is 0 Å². The van der Waals surface area contributed by atoms with Gasteiger partial charge in [-0.25, -0.2) is 4.98 Å². The molecule has 0 aliphatic carbocycles. The summed E-state index contributed by atoms with van der Waals surface area (Å²) in [5, 5.41) is 10.3. The van der Waals surface area contributed by atoms with Gasteiger partial charge in [0, 0.05) is 18.0 Å². The van der Waals surface area contributed by atoms with Gasteiger partial charge in [-0.05, 0) is 69.3 Å². The van der Waals surface area contributed by atoms with Crippen LogP contribution in [0.1, 0.15) is 41.9 Å². The van der Waals surface area contributed by atoms with E-state index < -0.39 is 6.10 Å². The fourth-order valence-corrected chi connectivity index (χ4v) is 3.76.